The van der Waals surface area contributed by atoms with Crippen molar-refractivity contribution < 1.29 is 4.74 Å². The second-order valence-corrected chi connectivity index (χ2v) is 3.31. The van der Waals surface area contributed by atoms with Gasteiger partial charge in [0.1, 0.15) is 12.4 Å². The molecule has 1 N–H and O–H groups in total. The lowest BCUT2D eigenvalue weighted by Gasteiger charge is -2.19. The molecule has 1 aromatic heterocycles. The summed E-state index contributed by atoms with van der Waals surface area (Å²) in [5.74, 6) is 0.837. The number of hydrogen-bond donors (Lipinski definition) is 1. The Labute approximate surface area is 97.5 Å². The number of rotatable bonds is 3. The molecule has 0 bridgehead atoms. The van der Waals surface area contributed by atoms with E-state index in [1.165, 1.54) is 0 Å². The van der Waals surface area contributed by atoms with Gasteiger partial charge in [-0.25, -0.2) is 0 Å². The minimum Gasteiger partial charge on any atom is -0.490 e. The van der Waals surface area contributed by atoms with E-state index in [0.717, 1.165) is 18.7 Å². The molecule has 3 nitrogen and oxygen atoms in total. The van der Waals surface area contributed by atoms with Gasteiger partial charge in [-0.3, -0.25) is 4.98 Å². The quantitative estimate of drug-likeness (QED) is 0.794. The van der Waals surface area contributed by atoms with Gasteiger partial charge in [0.2, 0.25) is 0 Å². The van der Waals surface area contributed by atoms with Crippen LogP contribution >= 0.6 is 0 Å². The lowest BCUT2D eigenvalue weighted by molar-refractivity contribution is 0.264. The van der Waals surface area contributed by atoms with E-state index in [-0.39, 0.29) is 0 Å². The van der Waals surface area contributed by atoms with Gasteiger partial charge in [-0.15, -0.1) is 0 Å². The maximum atomic E-state index is 5.59. The Bertz CT molecular complexity index is 298. The summed E-state index contributed by atoms with van der Waals surface area (Å²) in [6, 6.07) is 4.23. The van der Waals surface area contributed by atoms with E-state index < -0.39 is 0 Å². The van der Waals surface area contributed by atoms with Gasteiger partial charge in [0.25, 0.3) is 0 Å². The molecule has 0 radical (unpaired) electrons. The molecule has 1 unspecified atom stereocenters. The highest BCUT2D eigenvalue weighted by Gasteiger charge is 2.08. The summed E-state index contributed by atoms with van der Waals surface area (Å²) in [4.78, 5) is 3.99. The van der Waals surface area contributed by atoms with Crippen LogP contribution < -0.4 is 10.1 Å². The summed E-state index contributed by atoms with van der Waals surface area (Å²) in [6.07, 6.45) is 8.85. The first kappa shape index (κ1) is 12.7. The Morgan fingerprint density at radius 3 is 2.94 bits per heavy atom. The highest BCUT2D eigenvalue weighted by atomic mass is 16.5. The van der Waals surface area contributed by atoms with E-state index in [0.29, 0.717) is 12.6 Å². The Morgan fingerprint density at radius 1 is 1.44 bits per heavy atom. The van der Waals surface area contributed by atoms with Crippen molar-refractivity contribution in [1.82, 2.24) is 10.3 Å². The molecule has 1 atom stereocenters. The molecule has 88 valence electrons. The summed E-state index contributed by atoms with van der Waals surface area (Å²) >= 11 is 0. The fraction of sp³-hybridized carbons (Fsp3) is 0.462. The summed E-state index contributed by atoms with van der Waals surface area (Å²) in [5.41, 5.74) is 0. The van der Waals surface area contributed by atoms with Gasteiger partial charge in [-0.2, -0.15) is 0 Å². The monoisotopic (exact) mass is 220 g/mol. The van der Waals surface area contributed by atoms with Crippen LogP contribution in [0.3, 0.4) is 0 Å². The van der Waals surface area contributed by atoms with Gasteiger partial charge in [0, 0.05) is 18.8 Å². The lowest BCUT2D eigenvalue weighted by Crippen LogP contribution is -2.36. The number of nitrogens with zero attached hydrogens (tertiary/aromatic N) is 1. The first-order chi connectivity index (χ1) is 7.95. The topological polar surface area (TPSA) is 34.1 Å². The van der Waals surface area contributed by atoms with Crippen molar-refractivity contribution in [2.75, 3.05) is 13.2 Å². The molecule has 0 saturated carbocycles. The van der Waals surface area contributed by atoms with Crippen molar-refractivity contribution in [2.45, 2.75) is 26.3 Å². The second-order valence-electron chi connectivity index (χ2n) is 3.31. The van der Waals surface area contributed by atoms with E-state index in [9.17, 15) is 0 Å². The zero-order valence-corrected chi connectivity index (χ0v) is 10.0. The van der Waals surface area contributed by atoms with Crippen LogP contribution in [0.1, 0.15) is 20.3 Å². The normalized spacial score (nSPS) is 18.5. The Morgan fingerprint density at radius 2 is 2.31 bits per heavy atom. The van der Waals surface area contributed by atoms with Gasteiger partial charge >= 0.3 is 0 Å². The fourth-order valence-corrected chi connectivity index (χ4v) is 1.42. The van der Waals surface area contributed by atoms with E-state index in [1.54, 1.807) is 12.4 Å². The van der Waals surface area contributed by atoms with Crippen LogP contribution in [-0.4, -0.2) is 24.2 Å². The molecular weight excluding hydrogens is 200 g/mol. The van der Waals surface area contributed by atoms with Crippen molar-refractivity contribution >= 4 is 0 Å². The van der Waals surface area contributed by atoms with Gasteiger partial charge in [0.05, 0.1) is 6.20 Å². The maximum Gasteiger partial charge on any atom is 0.137 e. The third kappa shape index (κ3) is 4.45. The number of pyridine rings is 1. The molecule has 0 spiro atoms. The van der Waals surface area contributed by atoms with Crippen LogP contribution in [0.15, 0.2) is 36.7 Å². The van der Waals surface area contributed by atoms with Crippen LogP contribution in [0.2, 0.25) is 0 Å². The van der Waals surface area contributed by atoms with Crippen molar-refractivity contribution in [3.8, 4) is 5.75 Å². The zero-order valence-electron chi connectivity index (χ0n) is 10.0. The highest BCUT2D eigenvalue weighted by molar-refractivity contribution is 5.15. The highest BCUT2D eigenvalue weighted by Crippen LogP contribution is 2.08. The molecule has 1 aromatic rings. The third-order valence-electron chi connectivity index (χ3n) is 2.20. The van der Waals surface area contributed by atoms with E-state index >= 15 is 0 Å². The van der Waals surface area contributed by atoms with E-state index in [1.807, 2.05) is 26.0 Å². The molecule has 16 heavy (non-hydrogen) atoms. The molecule has 1 aliphatic rings. The number of ether oxygens (including phenoxy) is 1. The summed E-state index contributed by atoms with van der Waals surface area (Å²) in [6.45, 7) is 5.65. The number of hydrogen-bond acceptors (Lipinski definition) is 3. The minimum atomic E-state index is 0.431. The Balaban J connectivity index is 0.000000606. The Kier molecular flexibility index (Phi) is 6.26. The first-order valence-electron chi connectivity index (χ1n) is 5.86. The first-order valence-corrected chi connectivity index (χ1v) is 5.86. The van der Waals surface area contributed by atoms with Crippen LogP contribution in [-0.2, 0) is 0 Å². The molecule has 0 saturated heterocycles. The summed E-state index contributed by atoms with van der Waals surface area (Å²) in [7, 11) is 0. The molecule has 0 aliphatic carbocycles. The van der Waals surface area contributed by atoms with Gasteiger partial charge in [0.15, 0.2) is 0 Å². The molecule has 0 amide bonds. The standard InChI is InChI=1S/C11H14N2O.C2H6/c1-2-7-13-10(4-1)9-14-11-5-3-6-12-8-11;1-2/h1-3,5-6,8,10,13H,4,7,9H2;1-2H3. The number of nitrogens with one attached hydrogen (secondary N) is 1. The predicted molar refractivity (Wildman–Crippen MR) is 66.6 cm³/mol. The smallest absolute Gasteiger partial charge is 0.137 e. The van der Waals surface area contributed by atoms with Crippen LogP contribution in [0.5, 0.6) is 5.75 Å². The number of aromatic nitrogens is 1. The molecule has 1 aliphatic heterocycles. The maximum absolute atomic E-state index is 5.59. The van der Waals surface area contributed by atoms with Crippen LogP contribution in [0.25, 0.3) is 0 Å². The molecule has 3 heteroatoms. The SMILES string of the molecule is C1=CCC(COc2cccnc2)NC1.CC. The zero-order chi connectivity index (χ0) is 11.6. The molecule has 2 heterocycles. The molecule has 2 rings (SSSR count). The van der Waals surface area contributed by atoms with Crippen molar-refractivity contribution in [3.63, 3.8) is 0 Å². The van der Waals surface area contributed by atoms with Crippen molar-refractivity contribution in [1.29, 1.82) is 0 Å². The third-order valence-corrected chi connectivity index (χ3v) is 2.20. The predicted octanol–water partition coefficient (Wildman–Crippen LogP) is 2.40. The van der Waals surface area contributed by atoms with Gasteiger partial charge < -0.3 is 10.1 Å². The van der Waals surface area contributed by atoms with Crippen molar-refractivity contribution in [3.05, 3.63) is 36.7 Å². The molecule has 0 aromatic carbocycles. The van der Waals surface area contributed by atoms with E-state index in [4.69, 9.17) is 4.74 Å². The fourth-order valence-electron chi connectivity index (χ4n) is 1.42. The lowest BCUT2D eigenvalue weighted by atomic mass is 10.1. The largest absolute Gasteiger partial charge is 0.490 e. The van der Waals surface area contributed by atoms with Gasteiger partial charge in [-0.1, -0.05) is 26.0 Å². The Hall–Kier alpha value is -1.35. The average molecular weight is 220 g/mol. The second kappa shape index (κ2) is 7.88. The van der Waals surface area contributed by atoms with Crippen molar-refractivity contribution in [2.24, 2.45) is 0 Å². The summed E-state index contributed by atoms with van der Waals surface area (Å²) < 4.78 is 5.59. The van der Waals surface area contributed by atoms with Crippen LogP contribution in [0.4, 0.5) is 0 Å². The van der Waals surface area contributed by atoms with Gasteiger partial charge in [-0.05, 0) is 18.6 Å². The average Bonchev–Trinajstić information content (AvgIpc) is 2.41. The molecule has 0 fully saturated rings. The minimum absolute atomic E-state index is 0.431. The molecular formula is C13H20N2O. The van der Waals surface area contributed by atoms with Crippen LogP contribution in [0, 0.1) is 0 Å². The summed E-state index contributed by atoms with van der Waals surface area (Å²) in [5, 5.41) is 3.36. The van der Waals surface area contributed by atoms with E-state index in [2.05, 4.69) is 22.5 Å².